The molecular weight excluding hydrogens is 370 g/mol. The zero-order chi connectivity index (χ0) is 18.7. The topological polar surface area (TPSA) is 62.4 Å². The van der Waals surface area contributed by atoms with Crippen LogP contribution in [0.2, 0.25) is 5.02 Å². The minimum Gasteiger partial charge on any atom is -0.497 e. The van der Waals surface area contributed by atoms with Crippen molar-refractivity contribution in [1.82, 2.24) is 10.6 Å². The SMILES string of the molecule is COc1ccc(NC(=O)C2=C(C)NC(=S)N[C@H]2c2ccccc2Cl)cc1. The third kappa shape index (κ3) is 3.81. The van der Waals surface area contributed by atoms with Crippen LogP contribution in [-0.2, 0) is 4.79 Å². The van der Waals surface area contributed by atoms with Crippen LogP contribution in [0.15, 0.2) is 59.8 Å². The highest BCUT2D eigenvalue weighted by Crippen LogP contribution is 2.32. The zero-order valence-electron chi connectivity index (χ0n) is 14.3. The second-order valence-electron chi connectivity index (χ2n) is 5.77. The van der Waals surface area contributed by atoms with E-state index in [2.05, 4.69) is 16.0 Å². The smallest absolute Gasteiger partial charge is 0.255 e. The first-order valence-corrected chi connectivity index (χ1v) is 8.76. The fourth-order valence-corrected chi connectivity index (χ4v) is 3.33. The van der Waals surface area contributed by atoms with Crippen LogP contribution in [0.3, 0.4) is 0 Å². The van der Waals surface area contributed by atoms with Crippen molar-refractivity contribution in [2.24, 2.45) is 0 Å². The molecule has 1 aliphatic heterocycles. The fraction of sp³-hybridized carbons (Fsp3) is 0.158. The summed E-state index contributed by atoms with van der Waals surface area (Å²) in [7, 11) is 1.60. The highest BCUT2D eigenvalue weighted by atomic mass is 35.5. The van der Waals surface area contributed by atoms with Crippen molar-refractivity contribution in [2.75, 3.05) is 12.4 Å². The second-order valence-corrected chi connectivity index (χ2v) is 6.59. The van der Waals surface area contributed by atoms with Crippen molar-refractivity contribution >= 4 is 40.5 Å². The Hall–Kier alpha value is -2.57. The van der Waals surface area contributed by atoms with Crippen LogP contribution >= 0.6 is 23.8 Å². The molecule has 1 heterocycles. The lowest BCUT2D eigenvalue weighted by molar-refractivity contribution is -0.113. The van der Waals surface area contributed by atoms with Gasteiger partial charge in [0, 0.05) is 16.4 Å². The molecule has 134 valence electrons. The summed E-state index contributed by atoms with van der Waals surface area (Å²) in [5, 5.41) is 10.1. The van der Waals surface area contributed by atoms with Gasteiger partial charge >= 0.3 is 0 Å². The molecule has 0 saturated carbocycles. The van der Waals surface area contributed by atoms with Gasteiger partial charge in [0.05, 0.1) is 18.7 Å². The number of rotatable bonds is 4. The van der Waals surface area contributed by atoms with Crippen LogP contribution < -0.4 is 20.7 Å². The van der Waals surface area contributed by atoms with Crippen molar-refractivity contribution in [3.8, 4) is 5.75 Å². The molecule has 0 aromatic heterocycles. The third-order valence-corrected chi connectivity index (χ3v) is 4.64. The van der Waals surface area contributed by atoms with Gasteiger partial charge in [-0.3, -0.25) is 4.79 Å². The van der Waals surface area contributed by atoms with Gasteiger partial charge in [0.2, 0.25) is 0 Å². The Balaban J connectivity index is 1.93. The summed E-state index contributed by atoms with van der Waals surface area (Å²) in [6.45, 7) is 1.82. The van der Waals surface area contributed by atoms with Crippen LogP contribution in [0.25, 0.3) is 0 Å². The Morgan fingerprint density at radius 3 is 2.54 bits per heavy atom. The highest BCUT2D eigenvalue weighted by molar-refractivity contribution is 7.80. The van der Waals surface area contributed by atoms with E-state index in [1.165, 1.54) is 0 Å². The second kappa shape index (κ2) is 7.76. The first-order valence-electron chi connectivity index (χ1n) is 7.97. The average molecular weight is 388 g/mol. The molecular formula is C19H18ClN3O2S. The molecule has 0 spiro atoms. The molecule has 0 fully saturated rings. The highest BCUT2D eigenvalue weighted by Gasteiger charge is 2.31. The van der Waals surface area contributed by atoms with E-state index in [-0.39, 0.29) is 5.91 Å². The van der Waals surface area contributed by atoms with Crippen molar-refractivity contribution in [1.29, 1.82) is 0 Å². The number of hydrogen-bond acceptors (Lipinski definition) is 3. The fourth-order valence-electron chi connectivity index (χ4n) is 2.81. The molecule has 0 unspecified atom stereocenters. The maximum absolute atomic E-state index is 13.0. The molecule has 3 rings (SSSR count). The van der Waals surface area contributed by atoms with Gasteiger partial charge in [-0.1, -0.05) is 29.8 Å². The number of ether oxygens (including phenoxy) is 1. The number of carbonyl (C=O) groups is 1. The first-order chi connectivity index (χ1) is 12.5. The van der Waals surface area contributed by atoms with Crippen LogP contribution in [0.1, 0.15) is 18.5 Å². The van der Waals surface area contributed by atoms with E-state index in [1.54, 1.807) is 37.4 Å². The van der Waals surface area contributed by atoms with E-state index in [0.29, 0.717) is 27.1 Å². The summed E-state index contributed by atoms with van der Waals surface area (Å²) in [6.07, 6.45) is 0. The minimum atomic E-state index is -0.435. The van der Waals surface area contributed by atoms with E-state index in [4.69, 9.17) is 28.6 Å². The van der Waals surface area contributed by atoms with Crippen LogP contribution in [0, 0.1) is 0 Å². The Bertz CT molecular complexity index is 881. The molecule has 7 heteroatoms. The molecule has 5 nitrogen and oxygen atoms in total. The molecule has 0 saturated heterocycles. The average Bonchev–Trinajstić information content (AvgIpc) is 2.62. The molecule has 3 N–H and O–H groups in total. The molecule has 0 aliphatic carbocycles. The molecule has 1 atom stereocenters. The number of carbonyl (C=O) groups excluding carboxylic acids is 1. The maximum Gasteiger partial charge on any atom is 0.255 e. The summed E-state index contributed by atoms with van der Waals surface area (Å²) in [6, 6.07) is 14.1. The molecule has 0 bridgehead atoms. The zero-order valence-corrected chi connectivity index (χ0v) is 15.9. The van der Waals surface area contributed by atoms with Gasteiger partial charge in [-0.25, -0.2) is 0 Å². The van der Waals surface area contributed by atoms with Gasteiger partial charge in [-0.15, -0.1) is 0 Å². The summed E-state index contributed by atoms with van der Waals surface area (Å²) in [5.74, 6) is 0.485. The van der Waals surface area contributed by atoms with Crippen LogP contribution in [0.5, 0.6) is 5.75 Å². The number of nitrogens with one attached hydrogen (secondary N) is 3. The Morgan fingerprint density at radius 1 is 1.19 bits per heavy atom. The molecule has 0 radical (unpaired) electrons. The van der Waals surface area contributed by atoms with Gasteiger partial charge in [0.1, 0.15) is 5.75 Å². The number of hydrogen-bond donors (Lipinski definition) is 3. The standard InChI is InChI=1S/C19H18ClN3O2S/c1-11-16(18(24)22-12-7-9-13(25-2)10-8-12)17(23-19(26)21-11)14-5-3-4-6-15(14)20/h3-10,17H,1-2H3,(H,22,24)(H2,21,23,26)/t17-/m0/s1. The van der Waals surface area contributed by atoms with Crippen LogP contribution in [0.4, 0.5) is 5.69 Å². The van der Waals surface area contributed by atoms with E-state index in [9.17, 15) is 4.79 Å². The minimum absolute atomic E-state index is 0.236. The predicted octanol–water partition coefficient (Wildman–Crippen LogP) is 3.78. The van der Waals surface area contributed by atoms with Gasteiger partial charge in [0.15, 0.2) is 5.11 Å². The quantitative estimate of drug-likeness (QED) is 0.697. The number of thiocarbonyl (C=S) groups is 1. The lowest BCUT2D eigenvalue weighted by Gasteiger charge is -2.30. The normalized spacial score (nSPS) is 16.6. The lowest BCUT2D eigenvalue weighted by Crippen LogP contribution is -2.45. The third-order valence-electron chi connectivity index (χ3n) is 4.08. The summed E-state index contributed by atoms with van der Waals surface area (Å²) in [5.41, 5.74) is 2.67. The van der Waals surface area contributed by atoms with E-state index >= 15 is 0 Å². The van der Waals surface area contributed by atoms with E-state index < -0.39 is 6.04 Å². The number of amides is 1. The Morgan fingerprint density at radius 2 is 1.88 bits per heavy atom. The van der Waals surface area contributed by atoms with Crippen molar-refractivity contribution < 1.29 is 9.53 Å². The number of halogens is 1. The van der Waals surface area contributed by atoms with Gasteiger partial charge < -0.3 is 20.7 Å². The summed E-state index contributed by atoms with van der Waals surface area (Å²) < 4.78 is 5.14. The van der Waals surface area contributed by atoms with Gasteiger partial charge in [0.25, 0.3) is 5.91 Å². The largest absolute Gasteiger partial charge is 0.497 e. The molecule has 26 heavy (non-hydrogen) atoms. The van der Waals surface area contributed by atoms with Gasteiger partial charge in [-0.05, 0) is 55.0 Å². The lowest BCUT2D eigenvalue weighted by atomic mass is 9.95. The first kappa shape index (κ1) is 18.2. The van der Waals surface area contributed by atoms with Crippen molar-refractivity contribution in [3.63, 3.8) is 0 Å². The summed E-state index contributed by atoms with van der Waals surface area (Å²) in [4.78, 5) is 13.0. The van der Waals surface area contributed by atoms with Gasteiger partial charge in [-0.2, -0.15) is 0 Å². The summed E-state index contributed by atoms with van der Waals surface area (Å²) >= 11 is 11.6. The molecule has 2 aromatic carbocycles. The maximum atomic E-state index is 13.0. The Labute approximate surface area is 162 Å². The van der Waals surface area contributed by atoms with Crippen molar-refractivity contribution in [2.45, 2.75) is 13.0 Å². The molecule has 1 aliphatic rings. The van der Waals surface area contributed by atoms with Crippen molar-refractivity contribution in [3.05, 3.63) is 70.4 Å². The molecule has 2 aromatic rings. The Kier molecular flexibility index (Phi) is 5.44. The molecule has 1 amide bonds. The monoisotopic (exact) mass is 387 g/mol. The number of anilines is 1. The number of benzene rings is 2. The van der Waals surface area contributed by atoms with E-state index in [0.717, 1.165) is 11.3 Å². The predicted molar refractivity (Wildman–Crippen MR) is 107 cm³/mol. The van der Waals surface area contributed by atoms with Crippen LogP contribution in [-0.4, -0.2) is 18.1 Å². The number of methoxy groups -OCH3 is 1. The van der Waals surface area contributed by atoms with E-state index in [1.807, 2.05) is 25.1 Å². The number of allylic oxidation sites excluding steroid dienone is 1.